The van der Waals surface area contributed by atoms with Gasteiger partial charge in [0, 0.05) is 5.02 Å². The summed E-state index contributed by atoms with van der Waals surface area (Å²) in [6.45, 7) is 0. The van der Waals surface area contributed by atoms with Crippen LogP contribution in [0.3, 0.4) is 0 Å². The van der Waals surface area contributed by atoms with E-state index in [0.717, 1.165) is 12.8 Å². The fourth-order valence-corrected chi connectivity index (χ4v) is 1.50. The topological polar surface area (TPSA) is 50.4 Å². The molecule has 0 heterocycles. The summed E-state index contributed by atoms with van der Waals surface area (Å²) < 4.78 is 0. The zero-order valence-electron chi connectivity index (χ0n) is 8.00. The van der Waals surface area contributed by atoms with Crippen LogP contribution >= 0.6 is 23.2 Å². The highest BCUT2D eigenvalue weighted by Gasteiger charge is 2.20. The van der Waals surface area contributed by atoms with Crippen molar-refractivity contribution in [3.05, 3.63) is 28.2 Å². The molecule has 5 heteroatoms. The SMILES string of the molecule is NC(=NC1CC1)Nc1cc(Cl)ccc1Cl. The van der Waals surface area contributed by atoms with Gasteiger partial charge in [0.05, 0.1) is 16.8 Å². The van der Waals surface area contributed by atoms with Gasteiger partial charge in [-0.2, -0.15) is 0 Å². The first-order valence-electron chi connectivity index (χ1n) is 4.70. The van der Waals surface area contributed by atoms with Crippen LogP contribution in [0.4, 0.5) is 5.69 Å². The van der Waals surface area contributed by atoms with E-state index in [4.69, 9.17) is 28.9 Å². The lowest BCUT2D eigenvalue weighted by Crippen LogP contribution is -2.23. The molecule has 1 aromatic carbocycles. The molecule has 0 bridgehead atoms. The van der Waals surface area contributed by atoms with Crippen molar-refractivity contribution in [3.63, 3.8) is 0 Å². The van der Waals surface area contributed by atoms with Gasteiger partial charge in [0.2, 0.25) is 0 Å². The first-order valence-corrected chi connectivity index (χ1v) is 5.46. The Bertz CT molecular complexity index is 400. The molecule has 0 saturated heterocycles. The number of aliphatic imine (C=N–C) groups is 1. The number of hydrogen-bond acceptors (Lipinski definition) is 1. The van der Waals surface area contributed by atoms with Gasteiger partial charge in [-0.3, -0.25) is 0 Å². The van der Waals surface area contributed by atoms with E-state index in [0.29, 0.717) is 27.7 Å². The summed E-state index contributed by atoms with van der Waals surface area (Å²) in [6, 6.07) is 5.55. The van der Waals surface area contributed by atoms with E-state index in [1.165, 1.54) is 0 Å². The van der Waals surface area contributed by atoms with Crippen LogP contribution in [0.1, 0.15) is 12.8 Å². The number of nitrogens with zero attached hydrogens (tertiary/aromatic N) is 1. The van der Waals surface area contributed by atoms with E-state index >= 15 is 0 Å². The summed E-state index contributed by atoms with van der Waals surface area (Å²) in [5.74, 6) is 0.390. The molecule has 80 valence electrons. The lowest BCUT2D eigenvalue weighted by molar-refractivity contribution is 1.06. The lowest BCUT2D eigenvalue weighted by Gasteiger charge is -2.07. The molecule has 3 N–H and O–H groups in total. The van der Waals surface area contributed by atoms with E-state index in [1.807, 2.05) is 0 Å². The number of nitrogens with one attached hydrogen (secondary N) is 1. The Kier molecular flexibility index (Phi) is 3.03. The number of hydrogen-bond donors (Lipinski definition) is 2. The number of anilines is 1. The Hall–Kier alpha value is -0.930. The standard InChI is InChI=1S/C10H11Cl2N3/c11-6-1-4-8(12)9(5-6)15-10(13)14-7-2-3-7/h1,4-5,7H,2-3H2,(H3,13,14,15). The van der Waals surface area contributed by atoms with Crippen LogP contribution in [0.2, 0.25) is 10.0 Å². The van der Waals surface area contributed by atoms with E-state index in [1.54, 1.807) is 18.2 Å². The van der Waals surface area contributed by atoms with Gasteiger partial charge in [-0.15, -0.1) is 0 Å². The van der Waals surface area contributed by atoms with E-state index in [2.05, 4.69) is 10.3 Å². The van der Waals surface area contributed by atoms with Crippen molar-refractivity contribution in [1.29, 1.82) is 0 Å². The summed E-state index contributed by atoms with van der Waals surface area (Å²) >= 11 is 11.8. The van der Waals surface area contributed by atoms with Crippen molar-refractivity contribution < 1.29 is 0 Å². The highest BCUT2D eigenvalue weighted by Crippen LogP contribution is 2.26. The molecule has 0 radical (unpaired) electrons. The molecule has 1 fully saturated rings. The summed E-state index contributed by atoms with van der Waals surface area (Å²) in [6.07, 6.45) is 2.23. The van der Waals surface area contributed by atoms with E-state index < -0.39 is 0 Å². The summed E-state index contributed by atoms with van der Waals surface area (Å²) in [5, 5.41) is 4.12. The molecule has 2 rings (SSSR count). The molecule has 15 heavy (non-hydrogen) atoms. The maximum absolute atomic E-state index is 5.96. The molecule has 1 saturated carbocycles. The molecule has 0 amide bonds. The van der Waals surface area contributed by atoms with Gasteiger partial charge in [0.25, 0.3) is 0 Å². The zero-order chi connectivity index (χ0) is 10.8. The molecule has 1 aliphatic rings. The fourth-order valence-electron chi connectivity index (χ4n) is 1.16. The van der Waals surface area contributed by atoms with Crippen LogP contribution in [-0.4, -0.2) is 12.0 Å². The average molecular weight is 244 g/mol. The number of benzene rings is 1. The molecular weight excluding hydrogens is 233 g/mol. The minimum atomic E-state index is 0.385. The third-order valence-electron chi connectivity index (χ3n) is 2.06. The van der Waals surface area contributed by atoms with E-state index in [9.17, 15) is 0 Å². The van der Waals surface area contributed by atoms with Crippen molar-refractivity contribution in [2.24, 2.45) is 10.7 Å². The largest absolute Gasteiger partial charge is 0.370 e. The number of nitrogens with two attached hydrogens (primary N) is 1. The first kappa shape index (κ1) is 10.6. The Balaban J connectivity index is 2.11. The monoisotopic (exact) mass is 243 g/mol. The number of guanidine groups is 1. The summed E-state index contributed by atoms with van der Waals surface area (Å²) in [4.78, 5) is 4.24. The first-order chi connectivity index (χ1) is 7.15. The fraction of sp³-hybridized carbons (Fsp3) is 0.300. The van der Waals surface area contributed by atoms with Crippen molar-refractivity contribution in [1.82, 2.24) is 0 Å². The second kappa shape index (κ2) is 4.29. The average Bonchev–Trinajstić information content (AvgIpc) is 2.95. The van der Waals surface area contributed by atoms with Gasteiger partial charge < -0.3 is 11.1 Å². The van der Waals surface area contributed by atoms with Gasteiger partial charge in [-0.25, -0.2) is 4.99 Å². The second-order valence-corrected chi connectivity index (χ2v) is 4.34. The minimum Gasteiger partial charge on any atom is -0.370 e. The maximum atomic E-state index is 5.96. The third kappa shape index (κ3) is 3.01. The molecular formula is C10H11Cl2N3. The van der Waals surface area contributed by atoms with Crippen LogP contribution in [0.25, 0.3) is 0 Å². The van der Waals surface area contributed by atoms with Crippen LogP contribution in [0.5, 0.6) is 0 Å². The van der Waals surface area contributed by atoms with Crippen LogP contribution < -0.4 is 11.1 Å². The molecule has 3 nitrogen and oxygen atoms in total. The molecule has 0 spiro atoms. The second-order valence-electron chi connectivity index (χ2n) is 3.49. The predicted octanol–water partition coefficient (Wildman–Crippen LogP) is 2.88. The molecule has 1 aliphatic carbocycles. The van der Waals surface area contributed by atoms with Crippen LogP contribution in [-0.2, 0) is 0 Å². The minimum absolute atomic E-state index is 0.385. The Morgan fingerprint density at radius 3 is 2.80 bits per heavy atom. The summed E-state index contributed by atoms with van der Waals surface area (Å²) in [5.41, 5.74) is 6.39. The van der Waals surface area contributed by atoms with Crippen molar-refractivity contribution >= 4 is 34.8 Å². The molecule has 0 aromatic heterocycles. The van der Waals surface area contributed by atoms with E-state index in [-0.39, 0.29) is 0 Å². The highest BCUT2D eigenvalue weighted by atomic mass is 35.5. The smallest absolute Gasteiger partial charge is 0.193 e. The Morgan fingerprint density at radius 1 is 1.40 bits per heavy atom. The van der Waals surface area contributed by atoms with Crippen LogP contribution in [0.15, 0.2) is 23.2 Å². The number of halogens is 2. The third-order valence-corrected chi connectivity index (χ3v) is 2.62. The molecule has 0 unspecified atom stereocenters. The van der Waals surface area contributed by atoms with Gasteiger partial charge >= 0.3 is 0 Å². The molecule has 0 aliphatic heterocycles. The zero-order valence-corrected chi connectivity index (χ0v) is 9.52. The predicted molar refractivity (Wildman–Crippen MR) is 64.7 cm³/mol. The van der Waals surface area contributed by atoms with Crippen molar-refractivity contribution in [3.8, 4) is 0 Å². The highest BCUT2D eigenvalue weighted by molar-refractivity contribution is 6.35. The quantitative estimate of drug-likeness (QED) is 0.620. The van der Waals surface area contributed by atoms with Gasteiger partial charge in [-0.1, -0.05) is 23.2 Å². The van der Waals surface area contributed by atoms with Gasteiger partial charge in [0.15, 0.2) is 5.96 Å². The number of rotatable bonds is 2. The van der Waals surface area contributed by atoms with Crippen molar-refractivity contribution in [2.75, 3.05) is 5.32 Å². The molecule has 0 atom stereocenters. The van der Waals surface area contributed by atoms with Gasteiger partial charge in [0.1, 0.15) is 0 Å². The van der Waals surface area contributed by atoms with Crippen LogP contribution in [0, 0.1) is 0 Å². The van der Waals surface area contributed by atoms with Gasteiger partial charge in [-0.05, 0) is 31.0 Å². The van der Waals surface area contributed by atoms with Crippen molar-refractivity contribution in [2.45, 2.75) is 18.9 Å². The lowest BCUT2D eigenvalue weighted by atomic mass is 10.3. The maximum Gasteiger partial charge on any atom is 0.193 e. The molecule has 1 aromatic rings. The summed E-state index contributed by atoms with van der Waals surface area (Å²) in [7, 11) is 0. The normalized spacial score (nSPS) is 16.5. The Labute approximate surface area is 98.3 Å². The Morgan fingerprint density at radius 2 is 2.13 bits per heavy atom.